The Labute approximate surface area is 57.4 Å². The van der Waals surface area contributed by atoms with Gasteiger partial charge in [-0.2, -0.15) is 0 Å². The fourth-order valence-electron chi connectivity index (χ4n) is 0.581. The molecule has 0 aliphatic heterocycles. The maximum atomic E-state index is 2.39. The molecular formula is C6H7I. The number of rotatable bonds is 1. The van der Waals surface area contributed by atoms with E-state index in [2.05, 4.69) is 46.9 Å². The van der Waals surface area contributed by atoms with Crippen molar-refractivity contribution in [3.05, 3.63) is 24.3 Å². The van der Waals surface area contributed by atoms with Gasteiger partial charge in [0.2, 0.25) is 0 Å². The number of alkyl halides is 1. The molecule has 0 saturated heterocycles. The summed E-state index contributed by atoms with van der Waals surface area (Å²) in [4.78, 5) is 0. The summed E-state index contributed by atoms with van der Waals surface area (Å²) in [6.45, 7) is 0. The molecule has 7 heavy (non-hydrogen) atoms. The van der Waals surface area contributed by atoms with Gasteiger partial charge in [-0.15, -0.1) is 0 Å². The van der Waals surface area contributed by atoms with Crippen LogP contribution in [0.1, 0.15) is 0 Å². The Hall–Kier alpha value is 0.210. The first-order chi connectivity index (χ1) is 3.43. The van der Waals surface area contributed by atoms with E-state index in [1.165, 1.54) is 4.43 Å². The molecule has 0 aromatic rings. The molecule has 0 nitrogen and oxygen atoms in total. The predicted octanol–water partition coefficient (Wildman–Crippen LogP) is 2.16. The van der Waals surface area contributed by atoms with Crippen LogP contribution in [-0.2, 0) is 0 Å². The molecule has 0 aromatic carbocycles. The fraction of sp³-hybridized carbons (Fsp3) is 0.333. The van der Waals surface area contributed by atoms with E-state index in [0.717, 1.165) is 5.92 Å². The lowest BCUT2D eigenvalue weighted by Gasteiger charge is -1.92. The van der Waals surface area contributed by atoms with Gasteiger partial charge in [0.25, 0.3) is 0 Å². The van der Waals surface area contributed by atoms with Crippen molar-refractivity contribution in [2.45, 2.75) is 0 Å². The highest BCUT2D eigenvalue weighted by Gasteiger charge is 1.97. The van der Waals surface area contributed by atoms with Crippen LogP contribution in [0.25, 0.3) is 0 Å². The standard InChI is InChI=1S/C6H7I/c7-5-6-3-1-2-4-6/h1-4,6H,5H2. The summed E-state index contributed by atoms with van der Waals surface area (Å²) in [6.07, 6.45) is 8.63. The van der Waals surface area contributed by atoms with Gasteiger partial charge >= 0.3 is 0 Å². The second-order valence-electron chi connectivity index (χ2n) is 1.59. The lowest BCUT2D eigenvalue weighted by molar-refractivity contribution is 0.997. The van der Waals surface area contributed by atoms with Gasteiger partial charge in [0, 0.05) is 10.3 Å². The summed E-state index contributed by atoms with van der Waals surface area (Å²) in [5, 5.41) is 0. The molecule has 1 aliphatic carbocycles. The average molecular weight is 206 g/mol. The molecule has 0 unspecified atom stereocenters. The molecule has 0 amide bonds. The smallest absolute Gasteiger partial charge is 0.00933 e. The third-order valence-electron chi connectivity index (χ3n) is 1.01. The minimum absolute atomic E-state index is 0.723. The highest BCUT2D eigenvalue weighted by molar-refractivity contribution is 14.1. The molecule has 1 heteroatoms. The van der Waals surface area contributed by atoms with Gasteiger partial charge in [0.15, 0.2) is 0 Å². The van der Waals surface area contributed by atoms with Gasteiger partial charge < -0.3 is 0 Å². The minimum Gasteiger partial charge on any atom is -0.0854 e. The molecule has 0 saturated carbocycles. The van der Waals surface area contributed by atoms with Crippen LogP contribution in [0, 0.1) is 5.92 Å². The zero-order valence-electron chi connectivity index (χ0n) is 3.97. The molecule has 0 atom stereocenters. The van der Waals surface area contributed by atoms with E-state index in [0.29, 0.717) is 0 Å². The van der Waals surface area contributed by atoms with E-state index >= 15 is 0 Å². The summed E-state index contributed by atoms with van der Waals surface area (Å²) >= 11 is 2.39. The van der Waals surface area contributed by atoms with E-state index in [-0.39, 0.29) is 0 Å². The van der Waals surface area contributed by atoms with Crippen LogP contribution in [0.3, 0.4) is 0 Å². The van der Waals surface area contributed by atoms with Crippen molar-refractivity contribution in [3.8, 4) is 0 Å². The minimum atomic E-state index is 0.723. The molecule has 0 N–H and O–H groups in total. The highest BCUT2D eigenvalue weighted by Crippen LogP contribution is 2.10. The van der Waals surface area contributed by atoms with Crippen LogP contribution in [0.5, 0.6) is 0 Å². The number of halogens is 1. The Bertz CT molecular complexity index is 90.7. The molecular weight excluding hydrogens is 199 g/mol. The van der Waals surface area contributed by atoms with Gasteiger partial charge in [0.05, 0.1) is 0 Å². The summed E-state index contributed by atoms with van der Waals surface area (Å²) in [5.74, 6) is 0.723. The maximum absolute atomic E-state index is 2.39. The monoisotopic (exact) mass is 206 g/mol. The topological polar surface area (TPSA) is 0 Å². The second-order valence-corrected chi connectivity index (χ2v) is 2.47. The zero-order chi connectivity index (χ0) is 5.11. The Morgan fingerprint density at radius 3 is 2.14 bits per heavy atom. The van der Waals surface area contributed by atoms with Crippen molar-refractivity contribution in [3.63, 3.8) is 0 Å². The van der Waals surface area contributed by atoms with Gasteiger partial charge in [-0.05, 0) is 0 Å². The largest absolute Gasteiger partial charge is 0.0854 e. The fourth-order valence-corrected chi connectivity index (χ4v) is 1.17. The lowest BCUT2D eigenvalue weighted by Crippen LogP contribution is -1.86. The maximum Gasteiger partial charge on any atom is 0.00933 e. The van der Waals surface area contributed by atoms with Gasteiger partial charge in [-0.25, -0.2) is 0 Å². The van der Waals surface area contributed by atoms with Crippen LogP contribution in [0.15, 0.2) is 24.3 Å². The van der Waals surface area contributed by atoms with E-state index in [1.54, 1.807) is 0 Å². The summed E-state index contributed by atoms with van der Waals surface area (Å²) < 4.78 is 1.21. The predicted molar refractivity (Wildman–Crippen MR) is 40.7 cm³/mol. The zero-order valence-corrected chi connectivity index (χ0v) is 6.13. The SMILES string of the molecule is ICC1C=CC=C1. The van der Waals surface area contributed by atoms with Crippen molar-refractivity contribution >= 4 is 22.6 Å². The summed E-state index contributed by atoms with van der Waals surface area (Å²) in [5.41, 5.74) is 0. The first-order valence-electron chi connectivity index (χ1n) is 2.34. The molecule has 0 spiro atoms. The van der Waals surface area contributed by atoms with Crippen molar-refractivity contribution in [1.29, 1.82) is 0 Å². The molecule has 0 bridgehead atoms. The van der Waals surface area contributed by atoms with Crippen LogP contribution in [0.4, 0.5) is 0 Å². The number of hydrogen-bond acceptors (Lipinski definition) is 0. The van der Waals surface area contributed by atoms with Crippen LogP contribution < -0.4 is 0 Å². The molecule has 0 heterocycles. The molecule has 1 rings (SSSR count). The van der Waals surface area contributed by atoms with Crippen molar-refractivity contribution in [1.82, 2.24) is 0 Å². The Morgan fingerprint density at radius 1 is 1.29 bits per heavy atom. The first kappa shape index (κ1) is 5.35. The molecule has 0 radical (unpaired) electrons. The molecule has 38 valence electrons. The number of allylic oxidation sites excluding steroid dienone is 4. The third kappa shape index (κ3) is 1.30. The van der Waals surface area contributed by atoms with Gasteiger partial charge in [-0.1, -0.05) is 46.9 Å². The van der Waals surface area contributed by atoms with E-state index < -0.39 is 0 Å². The quantitative estimate of drug-likeness (QED) is 0.455. The summed E-state index contributed by atoms with van der Waals surface area (Å²) in [6, 6.07) is 0. The third-order valence-corrected chi connectivity index (χ3v) is 2.02. The Balaban J connectivity index is 2.44. The molecule has 0 aromatic heterocycles. The second kappa shape index (κ2) is 2.50. The van der Waals surface area contributed by atoms with E-state index in [9.17, 15) is 0 Å². The highest BCUT2D eigenvalue weighted by atomic mass is 127. The molecule has 0 fully saturated rings. The van der Waals surface area contributed by atoms with Crippen molar-refractivity contribution in [2.24, 2.45) is 5.92 Å². The number of hydrogen-bond donors (Lipinski definition) is 0. The Kier molecular flexibility index (Phi) is 1.91. The van der Waals surface area contributed by atoms with E-state index in [4.69, 9.17) is 0 Å². The summed E-state index contributed by atoms with van der Waals surface area (Å²) in [7, 11) is 0. The van der Waals surface area contributed by atoms with Crippen molar-refractivity contribution in [2.75, 3.05) is 4.43 Å². The normalized spacial score (nSPS) is 19.0. The van der Waals surface area contributed by atoms with Crippen LogP contribution in [0.2, 0.25) is 0 Å². The van der Waals surface area contributed by atoms with Crippen LogP contribution in [-0.4, -0.2) is 4.43 Å². The van der Waals surface area contributed by atoms with Crippen molar-refractivity contribution < 1.29 is 0 Å². The van der Waals surface area contributed by atoms with Gasteiger partial charge in [-0.3, -0.25) is 0 Å². The molecule has 1 aliphatic rings. The first-order valence-corrected chi connectivity index (χ1v) is 3.87. The lowest BCUT2D eigenvalue weighted by atomic mass is 10.2. The van der Waals surface area contributed by atoms with Gasteiger partial charge in [0.1, 0.15) is 0 Å². The van der Waals surface area contributed by atoms with Crippen LogP contribution >= 0.6 is 22.6 Å². The Morgan fingerprint density at radius 2 is 1.86 bits per heavy atom. The van der Waals surface area contributed by atoms with E-state index in [1.807, 2.05) is 0 Å². The average Bonchev–Trinajstić information content (AvgIpc) is 2.14.